The number of benzene rings is 2. The molecule has 0 aromatic heterocycles. The minimum Gasteiger partial charge on any atom is -0.458 e. The van der Waals surface area contributed by atoms with Gasteiger partial charge in [-0.2, -0.15) is 0 Å². The van der Waals surface area contributed by atoms with Gasteiger partial charge in [-0.3, -0.25) is 4.90 Å². The van der Waals surface area contributed by atoms with Crippen LogP contribution < -0.4 is 10.0 Å². The zero-order valence-corrected chi connectivity index (χ0v) is 14.4. The zero-order valence-electron chi connectivity index (χ0n) is 13.6. The highest BCUT2D eigenvalue weighted by Crippen LogP contribution is 2.23. The van der Waals surface area contributed by atoms with Crippen LogP contribution >= 0.6 is 0 Å². The van der Waals surface area contributed by atoms with Gasteiger partial charge in [0.25, 0.3) is 0 Å². The molecule has 8 nitrogen and oxygen atoms in total. The molecule has 1 amide bonds. The Morgan fingerprint density at radius 3 is 2.42 bits per heavy atom. The van der Waals surface area contributed by atoms with Crippen molar-refractivity contribution in [3.8, 4) is 0 Å². The molecule has 136 valence electrons. The first-order chi connectivity index (χ1) is 12.3. The molecular weight excluding hydrogens is 360 g/mol. The Labute approximate surface area is 150 Å². The number of hydrogen-bond acceptors (Lipinski definition) is 6. The molecule has 1 atom stereocenters. The van der Waals surface area contributed by atoms with Crippen LogP contribution in [0, 0.1) is 0 Å². The largest absolute Gasteiger partial charge is 0.458 e. The molecule has 2 N–H and O–H groups in total. The predicted molar refractivity (Wildman–Crippen MR) is 92.2 cm³/mol. The number of primary sulfonamides is 1. The molecule has 0 radical (unpaired) electrons. The molecule has 0 unspecified atom stereocenters. The van der Waals surface area contributed by atoms with E-state index in [1.165, 1.54) is 29.2 Å². The summed E-state index contributed by atoms with van der Waals surface area (Å²) < 4.78 is 32.9. The number of esters is 1. The minimum absolute atomic E-state index is 0.0536. The zero-order chi connectivity index (χ0) is 18.7. The molecule has 2 aromatic carbocycles. The summed E-state index contributed by atoms with van der Waals surface area (Å²) in [6.45, 7) is 0.0981. The number of carbonyl (C=O) groups excluding carboxylic acids is 2. The van der Waals surface area contributed by atoms with Gasteiger partial charge in [-0.1, -0.05) is 18.2 Å². The molecule has 0 bridgehead atoms. The van der Waals surface area contributed by atoms with E-state index in [4.69, 9.17) is 14.6 Å². The second kappa shape index (κ2) is 7.14. The van der Waals surface area contributed by atoms with Crippen LogP contribution in [0.25, 0.3) is 0 Å². The van der Waals surface area contributed by atoms with Crippen LogP contribution in [0.1, 0.15) is 10.4 Å². The number of sulfonamides is 1. The fourth-order valence-corrected chi connectivity index (χ4v) is 2.98. The smallest absolute Gasteiger partial charge is 0.414 e. The Morgan fingerprint density at radius 2 is 1.81 bits per heavy atom. The van der Waals surface area contributed by atoms with E-state index in [0.717, 1.165) is 0 Å². The number of carbonyl (C=O) groups is 2. The molecule has 2 aromatic rings. The number of ether oxygens (including phenoxy) is 2. The molecule has 0 saturated carbocycles. The van der Waals surface area contributed by atoms with E-state index in [0.29, 0.717) is 11.3 Å². The van der Waals surface area contributed by atoms with Crippen LogP contribution in [0.2, 0.25) is 0 Å². The fourth-order valence-electron chi connectivity index (χ4n) is 2.46. The molecule has 0 aliphatic carbocycles. The number of amides is 1. The molecule has 9 heteroatoms. The lowest BCUT2D eigenvalue weighted by atomic mass is 10.2. The monoisotopic (exact) mass is 376 g/mol. The summed E-state index contributed by atoms with van der Waals surface area (Å²) in [6, 6.07) is 14.0. The van der Waals surface area contributed by atoms with Gasteiger partial charge in [0.1, 0.15) is 6.61 Å². The maximum absolute atomic E-state index is 12.0. The summed E-state index contributed by atoms with van der Waals surface area (Å²) in [7, 11) is -3.80. The van der Waals surface area contributed by atoms with E-state index in [2.05, 4.69) is 0 Å². The Bertz CT molecular complexity index is 912. The SMILES string of the molecule is NS(=O)(=O)c1ccc(N2C[C@H](COC(=O)c3ccccc3)OC2=O)cc1. The number of anilines is 1. The molecule has 3 rings (SSSR count). The van der Waals surface area contributed by atoms with E-state index in [1.807, 2.05) is 0 Å². The van der Waals surface area contributed by atoms with Crippen molar-refractivity contribution in [3.05, 3.63) is 60.2 Å². The molecule has 26 heavy (non-hydrogen) atoms. The van der Waals surface area contributed by atoms with Crippen molar-refractivity contribution in [1.29, 1.82) is 0 Å². The van der Waals surface area contributed by atoms with Gasteiger partial charge in [-0.25, -0.2) is 23.1 Å². The first kappa shape index (κ1) is 17.9. The van der Waals surface area contributed by atoms with Crippen molar-refractivity contribution >= 4 is 27.8 Å². The highest BCUT2D eigenvalue weighted by molar-refractivity contribution is 7.89. The van der Waals surface area contributed by atoms with Gasteiger partial charge >= 0.3 is 12.1 Å². The van der Waals surface area contributed by atoms with Crippen molar-refractivity contribution < 1.29 is 27.5 Å². The third-order valence-corrected chi connectivity index (χ3v) is 4.69. The predicted octanol–water partition coefficient (Wildman–Crippen LogP) is 1.52. The minimum atomic E-state index is -3.80. The third kappa shape index (κ3) is 4.01. The van der Waals surface area contributed by atoms with E-state index in [9.17, 15) is 18.0 Å². The topological polar surface area (TPSA) is 116 Å². The van der Waals surface area contributed by atoms with Crippen LogP contribution in [0.15, 0.2) is 59.5 Å². The average Bonchev–Trinajstić information content (AvgIpc) is 3.00. The second-order valence-electron chi connectivity index (χ2n) is 5.62. The van der Waals surface area contributed by atoms with Gasteiger partial charge in [-0.05, 0) is 36.4 Å². The van der Waals surface area contributed by atoms with Crippen LogP contribution in [0.5, 0.6) is 0 Å². The molecule has 1 heterocycles. The number of cyclic esters (lactones) is 1. The summed E-state index contributed by atoms with van der Waals surface area (Å²) in [4.78, 5) is 25.2. The maximum Gasteiger partial charge on any atom is 0.414 e. The standard InChI is InChI=1S/C17H16N2O6S/c18-26(22,23)15-8-6-13(7-9-15)19-10-14(25-17(19)21)11-24-16(20)12-4-2-1-3-5-12/h1-9,14H,10-11H2,(H2,18,22,23)/t14-/m1/s1. The Kier molecular flexibility index (Phi) is 4.92. The maximum atomic E-state index is 12.0. The van der Waals surface area contributed by atoms with Gasteiger partial charge in [-0.15, -0.1) is 0 Å². The van der Waals surface area contributed by atoms with Crippen molar-refractivity contribution in [2.24, 2.45) is 5.14 Å². The van der Waals surface area contributed by atoms with Gasteiger partial charge < -0.3 is 9.47 Å². The molecule has 1 aliphatic heterocycles. The first-order valence-electron chi connectivity index (χ1n) is 7.68. The Morgan fingerprint density at radius 1 is 1.15 bits per heavy atom. The third-order valence-electron chi connectivity index (χ3n) is 3.76. The molecular formula is C17H16N2O6S. The molecule has 1 fully saturated rings. The van der Waals surface area contributed by atoms with Crippen LogP contribution in [0.4, 0.5) is 10.5 Å². The number of hydrogen-bond donors (Lipinski definition) is 1. The van der Waals surface area contributed by atoms with Crippen molar-refractivity contribution in [3.63, 3.8) is 0 Å². The average molecular weight is 376 g/mol. The highest BCUT2D eigenvalue weighted by atomic mass is 32.2. The van der Waals surface area contributed by atoms with E-state index >= 15 is 0 Å². The highest BCUT2D eigenvalue weighted by Gasteiger charge is 2.33. The van der Waals surface area contributed by atoms with Crippen molar-refractivity contribution in [2.75, 3.05) is 18.1 Å². The summed E-state index contributed by atoms with van der Waals surface area (Å²) in [5, 5.41) is 5.04. The number of rotatable bonds is 5. The van der Waals surface area contributed by atoms with E-state index in [1.54, 1.807) is 30.3 Å². The van der Waals surface area contributed by atoms with Crippen LogP contribution in [-0.4, -0.2) is 39.7 Å². The lowest BCUT2D eigenvalue weighted by Gasteiger charge is -2.13. The molecule has 0 spiro atoms. The normalized spacial score (nSPS) is 17.0. The van der Waals surface area contributed by atoms with E-state index in [-0.39, 0.29) is 18.0 Å². The van der Waals surface area contributed by atoms with Crippen LogP contribution in [0.3, 0.4) is 0 Å². The van der Waals surface area contributed by atoms with Gasteiger partial charge in [0, 0.05) is 5.69 Å². The lowest BCUT2D eigenvalue weighted by Crippen LogP contribution is -2.26. The fraction of sp³-hybridized carbons (Fsp3) is 0.176. The second-order valence-corrected chi connectivity index (χ2v) is 7.18. The number of nitrogens with two attached hydrogens (primary N) is 1. The van der Waals surface area contributed by atoms with Crippen molar-refractivity contribution in [2.45, 2.75) is 11.0 Å². The Balaban J connectivity index is 1.61. The van der Waals surface area contributed by atoms with Crippen LogP contribution in [-0.2, 0) is 19.5 Å². The summed E-state index contributed by atoms with van der Waals surface area (Å²) in [6.07, 6.45) is -1.22. The first-order valence-corrected chi connectivity index (χ1v) is 9.22. The van der Waals surface area contributed by atoms with Gasteiger partial charge in [0.05, 0.1) is 17.0 Å². The molecule has 1 saturated heterocycles. The quantitative estimate of drug-likeness (QED) is 0.791. The molecule has 1 aliphatic rings. The van der Waals surface area contributed by atoms with Crippen molar-refractivity contribution in [1.82, 2.24) is 0 Å². The van der Waals surface area contributed by atoms with E-state index < -0.39 is 28.2 Å². The van der Waals surface area contributed by atoms with Gasteiger partial charge in [0.2, 0.25) is 10.0 Å². The summed E-state index contributed by atoms with van der Waals surface area (Å²) in [5.41, 5.74) is 0.867. The lowest BCUT2D eigenvalue weighted by molar-refractivity contribution is 0.0300. The Hall–Kier alpha value is -2.91. The summed E-state index contributed by atoms with van der Waals surface area (Å²) in [5.74, 6) is -0.502. The summed E-state index contributed by atoms with van der Waals surface area (Å²) >= 11 is 0. The van der Waals surface area contributed by atoms with Gasteiger partial charge in [0.15, 0.2) is 6.10 Å². The number of nitrogens with zero attached hydrogens (tertiary/aromatic N) is 1.